The minimum Gasteiger partial charge on any atom is -0.456 e. The van der Waals surface area contributed by atoms with Crippen molar-refractivity contribution in [3.05, 3.63) is 440 Å². The Hall–Kier alpha value is -13.1. The SMILES string of the molecule is Brc1ccc(-c2cc(-c3ccc4c(c3)oc3ccccc34)cc3oc4ccccc4c23)cc1.Brc1ccc(-c2ccc(-c3cccc4oc5ccccc5c34)cc2)cc1.Brc1ccc2c(c1)C(c1ccccc1)(c1ccccc1)c1cc(-c3cccc4oc5ccccc5c34)ccc1-2.[2H]c1c([2H])c(-c2cccc3oc4ccccc4c23)c([2H])c([2H])c1Br. The third kappa shape index (κ3) is 13.0. The number of para-hydroxylation sites is 5. The summed E-state index contributed by atoms with van der Waals surface area (Å²) in [6.07, 6.45) is 0. The van der Waals surface area contributed by atoms with Gasteiger partial charge in [0.05, 0.1) is 10.9 Å². The Morgan fingerprint density at radius 3 is 1.04 bits per heavy atom. The van der Waals surface area contributed by atoms with Gasteiger partial charge in [0.1, 0.15) is 55.8 Å². The third-order valence-corrected chi connectivity index (χ3v) is 24.6. The van der Waals surface area contributed by atoms with Crippen LogP contribution in [0.4, 0.5) is 0 Å². The van der Waals surface area contributed by atoms with Crippen LogP contribution in [0.5, 0.6) is 0 Å². The van der Waals surface area contributed by atoms with E-state index in [0.29, 0.717) is 11.1 Å². The Bertz CT molecular complexity index is 7980. The number of hydrogen-bond donors (Lipinski definition) is 0. The Labute approximate surface area is 718 Å². The van der Waals surface area contributed by atoms with Crippen molar-refractivity contribution in [1.82, 2.24) is 0 Å². The van der Waals surface area contributed by atoms with Crippen molar-refractivity contribution >= 4 is 173 Å². The fraction of sp³-hybridized carbons (Fsp3) is 0.00917. The van der Waals surface area contributed by atoms with Crippen LogP contribution in [0.2, 0.25) is 0 Å². The molecule has 1 aliphatic carbocycles. The minimum atomic E-state index is -0.445. The quantitative estimate of drug-likeness (QED) is 0.152. The molecule has 0 N–H and O–H groups in total. The van der Waals surface area contributed by atoms with E-state index in [0.717, 1.165) is 134 Å². The predicted octanol–water partition coefficient (Wildman–Crippen LogP) is 33.7. The van der Waals surface area contributed by atoms with E-state index in [1.54, 1.807) is 6.07 Å². The van der Waals surface area contributed by atoms with Gasteiger partial charge in [-0.15, -0.1) is 0 Å². The highest BCUT2D eigenvalue weighted by molar-refractivity contribution is 9.11. The standard InChI is InChI=1S/C37H23BrO.C30H17BrO2.C24H15BrO.C18H11BrO/c38-27-19-21-30-29-20-18-24(28-15-9-17-35-36(28)31-14-7-8-16-34(31)39-35)22-32(29)37(33(30)23-27,25-10-3-1-4-11-25)26-12-5-2-6-13-26;31-21-12-9-18(10-13-21)25-15-20(17-29-30(25)24-6-2-4-8-27(24)33-29)19-11-14-23-22-5-1-3-7-26(22)32-28(23)16-19;25-19-14-12-17(13-15-19)16-8-10-18(11-9-16)20-5-3-7-23-24(20)21-4-1-2-6-22(21)26-23;19-13-10-8-12(9-11-13)14-5-3-7-17-18(14)15-4-1-2-6-16(15)20-17/h1-23H;1-17H;1-15H;1-11H/i;;;8D,9D,10D,11D. The second kappa shape index (κ2) is 30.5. The number of benzene rings is 18. The molecule has 0 fully saturated rings. The van der Waals surface area contributed by atoms with Crippen LogP contribution in [0, 0.1) is 0 Å². The van der Waals surface area contributed by atoms with E-state index in [1.807, 2.05) is 97.1 Å². The molecule has 18 aromatic carbocycles. The fourth-order valence-electron chi connectivity index (χ4n) is 17.3. The van der Waals surface area contributed by atoms with Gasteiger partial charge in [-0.1, -0.05) is 337 Å². The van der Waals surface area contributed by atoms with Gasteiger partial charge in [-0.3, -0.25) is 0 Å². The zero-order chi connectivity index (χ0) is 82.4. The smallest absolute Gasteiger partial charge is 0.136 e. The molecule has 0 aliphatic heterocycles. The lowest BCUT2D eigenvalue weighted by Crippen LogP contribution is -2.28. The number of hydrogen-bond acceptors (Lipinski definition) is 5. The predicted molar refractivity (Wildman–Crippen MR) is 503 cm³/mol. The molecule has 0 bridgehead atoms. The van der Waals surface area contributed by atoms with Gasteiger partial charge >= 0.3 is 0 Å². The molecule has 0 atom stereocenters. The zero-order valence-electron chi connectivity index (χ0n) is 66.8. The molecule has 5 aromatic heterocycles. The molecule has 23 aromatic rings. The zero-order valence-corrected chi connectivity index (χ0v) is 69.2. The van der Waals surface area contributed by atoms with Crippen LogP contribution >= 0.6 is 63.7 Å². The van der Waals surface area contributed by atoms with Crippen molar-refractivity contribution in [3.63, 3.8) is 0 Å². The van der Waals surface area contributed by atoms with Gasteiger partial charge < -0.3 is 22.1 Å². The lowest BCUT2D eigenvalue weighted by molar-refractivity contribution is 0.668. The summed E-state index contributed by atoms with van der Waals surface area (Å²) in [7, 11) is 0. The van der Waals surface area contributed by atoms with Crippen molar-refractivity contribution in [2.75, 3.05) is 0 Å². The van der Waals surface area contributed by atoms with Crippen LogP contribution in [0.1, 0.15) is 27.7 Å². The first-order valence-electron chi connectivity index (χ1n) is 40.8. The van der Waals surface area contributed by atoms with Crippen LogP contribution in [0.15, 0.2) is 440 Å². The van der Waals surface area contributed by atoms with Gasteiger partial charge in [-0.2, -0.15) is 0 Å². The highest BCUT2D eigenvalue weighted by Crippen LogP contribution is 2.58. The number of rotatable bonds is 8. The first-order chi connectivity index (χ1) is 59.8. The Kier molecular flexibility index (Phi) is 17.6. The molecular weight excluding hydrogens is 1710 g/mol. The average Bonchev–Trinajstić information content (AvgIpc) is 1.53. The maximum absolute atomic E-state index is 8.30. The van der Waals surface area contributed by atoms with E-state index in [9.17, 15) is 0 Å². The van der Waals surface area contributed by atoms with Gasteiger partial charge in [0.15, 0.2) is 0 Å². The molecule has 5 heterocycles. The summed E-state index contributed by atoms with van der Waals surface area (Å²) < 4.78 is 66.7. The summed E-state index contributed by atoms with van der Waals surface area (Å²) in [5.74, 6) is 0. The van der Waals surface area contributed by atoms with Gasteiger partial charge in [0.25, 0.3) is 0 Å². The van der Waals surface area contributed by atoms with Crippen molar-refractivity contribution in [2.45, 2.75) is 5.41 Å². The summed E-state index contributed by atoms with van der Waals surface area (Å²) in [6.45, 7) is 0. The summed E-state index contributed by atoms with van der Waals surface area (Å²) in [4.78, 5) is 0. The molecule has 0 radical (unpaired) electrons. The Balaban J connectivity index is 0.000000102. The monoisotopic (exact) mass is 1770 g/mol. The van der Waals surface area contributed by atoms with Crippen LogP contribution in [-0.2, 0) is 5.41 Å². The molecule has 24 rings (SSSR count). The highest BCUT2D eigenvalue weighted by Gasteiger charge is 2.46. The summed E-state index contributed by atoms with van der Waals surface area (Å²) in [5.41, 5.74) is 28.5. The molecule has 0 saturated carbocycles. The second-order valence-corrected chi connectivity index (χ2v) is 32.9. The van der Waals surface area contributed by atoms with E-state index in [1.165, 1.54) is 72.1 Å². The summed E-state index contributed by atoms with van der Waals surface area (Å²) >= 11 is 14.0. The molecule has 1 aliphatic rings. The lowest BCUT2D eigenvalue weighted by atomic mass is 9.67. The van der Waals surface area contributed by atoms with Gasteiger partial charge in [-0.05, 0) is 227 Å². The summed E-state index contributed by atoms with van der Waals surface area (Å²) in [5, 5.41) is 10.9. The molecule has 9 heteroatoms. The van der Waals surface area contributed by atoms with Crippen LogP contribution in [0.25, 0.3) is 188 Å². The first kappa shape index (κ1) is 68.1. The minimum absolute atomic E-state index is 0.0688. The maximum Gasteiger partial charge on any atom is 0.136 e. The molecule has 118 heavy (non-hydrogen) atoms. The molecule has 0 amide bonds. The molecule has 560 valence electrons. The lowest BCUT2D eigenvalue weighted by Gasteiger charge is -2.34. The van der Waals surface area contributed by atoms with E-state index in [2.05, 4.69) is 337 Å². The topological polar surface area (TPSA) is 65.7 Å². The molecule has 0 unspecified atom stereocenters. The van der Waals surface area contributed by atoms with Crippen molar-refractivity contribution in [3.8, 4) is 77.9 Å². The first-order valence-corrected chi connectivity index (χ1v) is 42.0. The van der Waals surface area contributed by atoms with Gasteiger partial charge in [0, 0.05) is 71.8 Å². The summed E-state index contributed by atoms with van der Waals surface area (Å²) in [6, 6.07) is 130. The highest BCUT2D eigenvalue weighted by atomic mass is 79.9. The van der Waals surface area contributed by atoms with Crippen molar-refractivity contribution in [2.24, 2.45) is 0 Å². The van der Waals surface area contributed by atoms with E-state index >= 15 is 0 Å². The van der Waals surface area contributed by atoms with Crippen molar-refractivity contribution < 1.29 is 27.6 Å². The molecule has 5 nitrogen and oxygen atoms in total. The van der Waals surface area contributed by atoms with E-state index < -0.39 is 5.41 Å². The van der Waals surface area contributed by atoms with Crippen LogP contribution in [-0.4, -0.2) is 0 Å². The fourth-order valence-corrected chi connectivity index (χ4v) is 18.4. The van der Waals surface area contributed by atoms with Crippen LogP contribution < -0.4 is 0 Å². The number of fused-ring (bicyclic) bond motifs is 18. The average molecular weight is 1780 g/mol. The number of halogens is 4. The largest absolute Gasteiger partial charge is 0.456 e. The normalized spacial score (nSPS) is 12.6. The number of furan rings is 5. The van der Waals surface area contributed by atoms with E-state index in [-0.39, 0.29) is 34.2 Å². The molecular formula is C109H66Br4O5. The van der Waals surface area contributed by atoms with E-state index in [4.69, 9.17) is 27.6 Å². The van der Waals surface area contributed by atoms with Gasteiger partial charge in [-0.25, -0.2) is 0 Å². The van der Waals surface area contributed by atoms with Crippen LogP contribution in [0.3, 0.4) is 0 Å². The maximum atomic E-state index is 8.30. The van der Waals surface area contributed by atoms with Crippen molar-refractivity contribution in [1.29, 1.82) is 0 Å². The van der Waals surface area contributed by atoms with Gasteiger partial charge in [0.2, 0.25) is 0 Å². The second-order valence-electron chi connectivity index (χ2n) is 29.3. The molecule has 0 saturated heterocycles. The Morgan fingerprint density at radius 1 is 0.186 bits per heavy atom. The molecule has 0 spiro atoms. The third-order valence-electron chi connectivity index (χ3n) is 22.6. The Morgan fingerprint density at radius 2 is 0.525 bits per heavy atom.